The van der Waals surface area contributed by atoms with Crippen LogP contribution >= 0.6 is 0 Å². The maximum absolute atomic E-state index is 7.07. The monoisotopic (exact) mass is 217 g/mol. The molecule has 0 heterocycles. The first-order valence-electron chi connectivity index (χ1n) is 5.06. The molecule has 0 bridgehead atoms. The van der Waals surface area contributed by atoms with Gasteiger partial charge in [0.1, 0.15) is 0 Å². The lowest BCUT2D eigenvalue weighted by molar-refractivity contribution is -0.214. The SMILES string of the molecule is CC.CCCc1ccccc1.COO.N.[HH]. The molecule has 15 heavy (non-hydrogen) atoms. The highest BCUT2D eigenvalue weighted by Crippen LogP contribution is 2.00. The second-order valence-corrected chi connectivity index (χ2v) is 2.42. The molecule has 0 aliphatic carbocycles. The Morgan fingerprint density at radius 2 is 1.60 bits per heavy atom. The van der Waals surface area contributed by atoms with Gasteiger partial charge in [-0.1, -0.05) is 57.5 Å². The first-order chi connectivity index (χ1) is 6.85. The summed E-state index contributed by atoms with van der Waals surface area (Å²) in [4.78, 5) is 3.25. The molecule has 1 rings (SSSR count). The van der Waals surface area contributed by atoms with Crippen molar-refractivity contribution < 1.29 is 11.6 Å². The van der Waals surface area contributed by atoms with E-state index in [9.17, 15) is 0 Å². The molecule has 1 aromatic carbocycles. The summed E-state index contributed by atoms with van der Waals surface area (Å²) >= 11 is 0. The molecule has 0 amide bonds. The third kappa shape index (κ3) is 15.8. The summed E-state index contributed by atoms with van der Waals surface area (Å²) in [7, 11) is 1.18. The van der Waals surface area contributed by atoms with Crippen LogP contribution in [0.3, 0.4) is 0 Å². The Labute approximate surface area is 95.1 Å². The summed E-state index contributed by atoms with van der Waals surface area (Å²) < 4.78 is 0. The predicted molar refractivity (Wildman–Crippen MR) is 68.6 cm³/mol. The minimum absolute atomic E-state index is 0. The fraction of sp³-hybridized carbons (Fsp3) is 0.500. The van der Waals surface area contributed by atoms with Crippen LogP contribution in [0, 0.1) is 0 Å². The lowest BCUT2D eigenvalue weighted by atomic mass is 10.1. The fourth-order valence-electron chi connectivity index (χ4n) is 0.933. The molecule has 0 aromatic heterocycles. The summed E-state index contributed by atoms with van der Waals surface area (Å²) in [5.74, 6) is 0. The molecule has 0 atom stereocenters. The second-order valence-electron chi connectivity index (χ2n) is 2.42. The van der Waals surface area contributed by atoms with E-state index in [2.05, 4.69) is 42.1 Å². The van der Waals surface area contributed by atoms with Gasteiger partial charge in [0.25, 0.3) is 0 Å². The van der Waals surface area contributed by atoms with Crippen LogP contribution in [-0.4, -0.2) is 12.4 Å². The molecule has 3 nitrogen and oxygen atoms in total. The van der Waals surface area contributed by atoms with Crippen molar-refractivity contribution in [2.45, 2.75) is 33.6 Å². The molecule has 0 aliphatic rings. The van der Waals surface area contributed by atoms with Crippen molar-refractivity contribution in [1.82, 2.24) is 6.15 Å². The van der Waals surface area contributed by atoms with Crippen molar-refractivity contribution in [1.29, 1.82) is 0 Å². The van der Waals surface area contributed by atoms with Crippen LogP contribution in [0.15, 0.2) is 30.3 Å². The van der Waals surface area contributed by atoms with Crippen LogP contribution in [0.2, 0.25) is 0 Å². The summed E-state index contributed by atoms with van der Waals surface area (Å²) in [6.07, 6.45) is 2.45. The van der Waals surface area contributed by atoms with Gasteiger partial charge in [-0.2, -0.15) is 0 Å². The van der Waals surface area contributed by atoms with Gasteiger partial charge in [-0.15, -0.1) is 0 Å². The first-order valence-corrected chi connectivity index (χ1v) is 5.06. The van der Waals surface area contributed by atoms with E-state index in [1.807, 2.05) is 13.8 Å². The molecule has 0 saturated carbocycles. The van der Waals surface area contributed by atoms with Gasteiger partial charge < -0.3 is 6.15 Å². The van der Waals surface area contributed by atoms with Gasteiger partial charge >= 0.3 is 0 Å². The van der Waals surface area contributed by atoms with Crippen molar-refractivity contribution in [2.75, 3.05) is 7.11 Å². The van der Waals surface area contributed by atoms with Gasteiger partial charge in [0, 0.05) is 1.43 Å². The number of hydrogen-bond acceptors (Lipinski definition) is 3. The zero-order valence-corrected chi connectivity index (χ0v) is 10.4. The first kappa shape index (κ1) is 19.6. The standard InChI is InChI=1S/C9H12.C2H6.CH4O2.H3N.H2/c1-2-6-9-7-4-3-5-8-9;1-2;1-3-2;;/h3-5,7-8H,2,6H2,1H3;1-2H3;2H,1H3;1H3;1H. The Hall–Kier alpha value is -0.900. The smallest absolute Gasteiger partial charge is 0.0710 e. The molecule has 1 aromatic rings. The quantitative estimate of drug-likeness (QED) is 0.577. The lowest BCUT2D eigenvalue weighted by Gasteiger charge is -1.93. The molecule has 0 fully saturated rings. The zero-order valence-electron chi connectivity index (χ0n) is 10.4. The van der Waals surface area contributed by atoms with Crippen LogP contribution in [0.5, 0.6) is 0 Å². The normalized spacial score (nSPS) is 7.27. The Morgan fingerprint density at radius 1 is 1.20 bits per heavy atom. The van der Waals surface area contributed by atoms with Crippen molar-refractivity contribution in [2.24, 2.45) is 0 Å². The zero-order chi connectivity index (χ0) is 11.2. The fourth-order valence-corrected chi connectivity index (χ4v) is 0.933. The van der Waals surface area contributed by atoms with Crippen LogP contribution in [0.25, 0.3) is 0 Å². The third-order valence-electron chi connectivity index (χ3n) is 1.38. The molecule has 0 spiro atoms. The van der Waals surface area contributed by atoms with Crippen LogP contribution in [0.4, 0.5) is 0 Å². The van der Waals surface area contributed by atoms with E-state index in [1.54, 1.807) is 0 Å². The summed E-state index contributed by atoms with van der Waals surface area (Å²) in [5, 5.41) is 7.07. The van der Waals surface area contributed by atoms with E-state index < -0.39 is 0 Å². The average molecular weight is 217 g/mol. The van der Waals surface area contributed by atoms with Gasteiger partial charge in [-0.25, -0.2) is 4.89 Å². The van der Waals surface area contributed by atoms with Gasteiger partial charge in [0.2, 0.25) is 0 Å². The Morgan fingerprint density at radius 3 is 1.93 bits per heavy atom. The molecular formula is C12H27NO2. The molecule has 0 radical (unpaired) electrons. The molecule has 4 N–H and O–H groups in total. The van der Waals surface area contributed by atoms with E-state index in [0.717, 1.165) is 0 Å². The topological polar surface area (TPSA) is 64.5 Å². The van der Waals surface area contributed by atoms with Gasteiger partial charge in [-0.3, -0.25) is 5.26 Å². The van der Waals surface area contributed by atoms with Gasteiger partial charge in [-0.05, 0) is 12.0 Å². The van der Waals surface area contributed by atoms with E-state index in [1.165, 1.54) is 25.5 Å². The Kier molecular flexibility index (Phi) is 24.6. The van der Waals surface area contributed by atoms with Crippen LogP contribution in [-0.2, 0) is 11.3 Å². The second kappa shape index (κ2) is 18.8. The molecule has 0 aliphatic heterocycles. The van der Waals surface area contributed by atoms with Gasteiger partial charge in [0.05, 0.1) is 7.11 Å². The number of benzene rings is 1. The molecule has 3 heteroatoms. The highest BCUT2D eigenvalue weighted by atomic mass is 17.1. The summed E-state index contributed by atoms with van der Waals surface area (Å²) in [5.41, 5.74) is 1.44. The number of aryl methyl sites for hydroxylation is 1. The summed E-state index contributed by atoms with van der Waals surface area (Å²) in [6.45, 7) is 6.20. The molecule has 0 unspecified atom stereocenters. The minimum atomic E-state index is 0. The lowest BCUT2D eigenvalue weighted by Crippen LogP contribution is -1.78. The summed E-state index contributed by atoms with van der Waals surface area (Å²) in [6, 6.07) is 10.6. The number of hydrogen-bond donors (Lipinski definition) is 2. The Balaban J connectivity index is -0.0000000907. The largest absolute Gasteiger partial charge is 0.344 e. The minimum Gasteiger partial charge on any atom is -0.344 e. The van der Waals surface area contributed by atoms with Gasteiger partial charge in [0.15, 0.2) is 0 Å². The van der Waals surface area contributed by atoms with E-state index in [0.29, 0.717) is 0 Å². The van der Waals surface area contributed by atoms with Crippen molar-refractivity contribution in [3.05, 3.63) is 35.9 Å². The molecular weight excluding hydrogens is 190 g/mol. The highest BCUT2D eigenvalue weighted by molar-refractivity contribution is 5.14. The van der Waals surface area contributed by atoms with E-state index >= 15 is 0 Å². The van der Waals surface area contributed by atoms with Crippen LogP contribution < -0.4 is 6.15 Å². The van der Waals surface area contributed by atoms with Crippen molar-refractivity contribution in [3.63, 3.8) is 0 Å². The van der Waals surface area contributed by atoms with E-state index in [4.69, 9.17) is 5.26 Å². The van der Waals surface area contributed by atoms with Crippen molar-refractivity contribution in [3.8, 4) is 0 Å². The predicted octanol–water partition coefficient (Wildman–Crippen LogP) is 4.18. The molecule has 92 valence electrons. The van der Waals surface area contributed by atoms with E-state index in [-0.39, 0.29) is 7.58 Å². The third-order valence-corrected chi connectivity index (χ3v) is 1.38. The maximum atomic E-state index is 7.07. The average Bonchev–Trinajstić information content (AvgIpc) is 2.24. The van der Waals surface area contributed by atoms with Crippen LogP contribution in [0.1, 0.15) is 34.2 Å². The Bertz CT molecular complexity index is 184. The highest BCUT2D eigenvalue weighted by Gasteiger charge is 1.84. The number of rotatable bonds is 2. The maximum Gasteiger partial charge on any atom is 0.0710 e. The van der Waals surface area contributed by atoms with Crippen molar-refractivity contribution >= 4 is 0 Å². The molecule has 0 saturated heterocycles.